The van der Waals surface area contributed by atoms with E-state index in [1.165, 1.54) is 6.20 Å². The molecule has 0 atom stereocenters. The smallest absolute Gasteiger partial charge is 0.340 e. The van der Waals surface area contributed by atoms with Crippen LogP contribution in [0.5, 0.6) is 0 Å². The average molecular weight is 396 g/mol. The highest BCUT2D eigenvalue weighted by Crippen LogP contribution is 2.21. The molecular weight excluding hydrogens is 378 g/mol. The molecule has 0 radical (unpaired) electrons. The van der Waals surface area contributed by atoms with Crippen LogP contribution < -0.4 is 10.6 Å². The Morgan fingerprint density at radius 2 is 1.79 bits per heavy atom. The summed E-state index contributed by atoms with van der Waals surface area (Å²) in [6, 6.07) is 17.1. The van der Waals surface area contributed by atoms with Crippen LogP contribution in [0.25, 0.3) is 0 Å². The summed E-state index contributed by atoms with van der Waals surface area (Å²) < 4.78 is 5.06. The van der Waals surface area contributed by atoms with Gasteiger partial charge in [0.15, 0.2) is 0 Å². The minimum Gasteiger partial charge on any atom is -0.462 e. The predicted molar refractivity (Wildman–Crippen MR) is 109 cm³/mol. The topological polar surface area (TPSA) is 80.3 Å². The molecule has 0 saturated carbocycles. The molecule has 0 aliphatic carbocycles. The number of pyridine rings is 1. The lowest BCUT2D eigenvalue weighted by atomic mass is 10.2. The van der Waals surface area contributed by atoms with Crippen LogP contribution in [-0.4, -0.2) is 23.5 Å². The highest BCUT2D eigenvalue weighted by molar-refractivity contribution is 6.30. The van der Waals surface area contributed by atoms with Gasteiger partial charge >= 0.3 is 5.97 Å². The van der Waals surface area contributed by atoms with Gasteiger partial charge in [0, 0.05) is 10.6 Å². The second-order valence-electron chi connectivity index (χ2n) is 5.78. The van der Waals surface area contributed by atoms with Crippen molar-refractivity contribution in [2.75, 3.05) is 17.2 Å². The summed E-state index contributed by atoms with van der Waals surface area (Å²) in [6.07, 6.45) is 1.53. The first kappa shape index (κ1) is 19.4. The third-order valence-electron chi connectivity index (χ3n) is 3.81. The molecule has 7 heteroatoms. The highest BCUT2D eigenvalue weighted by atomic mass is 35.5. The highest BCUT2D eigenvalue weighted by Gasteiger charge is 2.12. The zero-order chi connectivity index (χ0) is 19.9. The minimum atomic E-state index is -0.405. The van der Waals surface area contributed by atoms with Gasteiger partial charge in [0.05, 0.1) is 29.7 Å². The second-order valence-corrected chi connectivity index (χ2v) is 6.22. The summed E-state index contributed by atoms with van der Waals surface area (Å²) in [5.41, 5.74) is 2.05. The number of halogens is 1. The number of benzene rings is 2. The Kier molecular flexibility index (Phi) is 6.24. The van der Waals surface area contributed by atoms with Crippen LogP contribution in [0.1, 0.15) is 27.6 Å². The first-order valence-corrected chi connectivity index (χ1v) is 9.00. The summed E-state index contributed by atoms with van der Waals surface area (Å²) in [4.78, 5) is 28.6. The maximum Gasteiger partial charge on any atom is 0.340 e. The molecule has 3 rings (SSSR count). The van der Waals surface area contributed by atoms with Crippen LogP contribution in [0.3, 0.4) is 0 Å². The number of hydrogen-bond donors (Lipinski definition) is 2. The molecule has 0 bridgehead atoms. The molecule has 3 aromatic rings. The molecule has 2 N–H and O–H groups in total. The van der Waals surface area contributed by atoms with Crippen molar-refractivity contribution in [1.29, 1.82) is 0 Å². The fourth-order valence-corrected chi connectivity index (χ4v) is 2.59. The van der Waals surface area contributed by atoms with Crippen molar-refractivity contribution in [3.8, 4) is 0 Å². The third-order valence-corrected chi connectivity index (χ3v) is 4.06. The monoisotopic (exact) mass is 395 g/mol. The molecule has 1 heterocycles. The molecule has 0 aliphatic rings. The molecule has 6 nitrogen and oxygen atoms in total. The van der Waals surface area contributed by atoms with E-state index in [2.05, 4.69) is 15.6 Å². The number of carbonyl (C=O) groups excluding carboxylic acids is 2. The van der Waals surface area contributed by atoms with E-state index in [9.17, 15) is 9.59 Å². The fourth-order valence-electron chi connectivity index (χ4n) is 2.46. The SMILES string of the molecule is CCOC(=O)c1ccccc1Nc1ccc(NC(=O)c2ccc(Cl)cc2)cn1. The van der Waals surface area contributed by atoms with Gasteiger partial charge in [0.1, 0.15) is 5.82 Å². The van der Waals surface area contributed by atoms with E-state index in [1.807, 2.05) is 6.07 Å². The minimum absolute atomic E-state index is 0.258. The molecule has 28 heavy (non-hydrogen) atoms. The Labute approximate surface area is 167 Å². The fraction of sp³-hybridized carbons (Fsp3) is 0.0952. The van der Waals surface area contributed by atoms with Crippen molar-refractivity contribution in [2.24, 2.45) is 0 Å². The maximum absolute atomic E-state index is 12.2. The standard InChI is InChI=1S/C21H18ClN3O3/c1-2-28-21(27)17-5-3-4-6-18(17)25-19-12-11-16(13-23-19)24-20(26)14-7-9-15(22)10-8-14/h3-13H,2H2,1H3,(H,23,25)(H,24,26). The van der Waals surface area contributed by atoms with Crippen LogP contribution in [0.15, 0.2) is 66.9 Å². The van der Waals surface area contributed by atoms with Gasteiger partial charge in [-0.05, 0) is 55.5 Å². The summed E-state index contributed by atoms with van der Waals surface area (Å²) in [5, 5.41) is 6.43. The first-order chi connectivity index (χ1) is 13.6. The van der Waals surface area contributed by atoms with Gasteiger partial charge < -0.3 is 15.4 Å². The van der Waals surface area contributed by atoms with Gasteiger partial charge in [-0.25, -0.2) is 9.78 Å². The summed E-state index contributed by atoms with van der Waals surface area (Å²) in [6.45, 7) is 2.06. The van der Waals surface area contributed by atoms with Crippen LogP contribution >= 0.6 is 11.6 Å². The number of hydrogen-bond acceptors (Lipinski definition) is 5. The van der Waals surface area contributed by atoms with E-state index in [0.717, 1.165) is 0 Å². The normalized spacial score (nSPS) is 10.2. The van der Waals surface area contributed by atoms with Crippen LogP contribution in [0, 0.1) is 0 Å². The second kappa shape index (κ2) is 9.01. The lowest BCUT2D eigenvalue weighted by Crippen LogP contribution is -2.12. The van der Waals surface area contributed by atoms with Crippen molar-refractivity contribution in [3.63, 3.8) is 0 Å². The van der Waals surface area contributed by atoms with Crippen LogP contribution in [0.2, 0.25) is 5.02 Å². The van der Waals surface area contributed by atoms with E-state index >= 15 is 0 Å². The Morgan fingerprint density at radius 1 is 1.04 bits per heavy atom. The molecule has 0 fully saturated rings. The zero-order valence-electron chi connectivity index (χ0n) is 15.1. The van der Waals surface area contributed by atoms with Gasteiger partial charge in [-0.15, -0.1) is 0 Å². The summed E-state index contributed by atoms with van der Waals surface area (Å²) in [7, 11) is 0. The molecule has 0 spiro atoms. The van der Waals surface area contributed by atoms with E-state index in [4.69, 9.17) is 16.3 Å². The van der Waals surface area contributed by atoms with E-state index in [0.29, 0.717) is 39.9 Å². The van der Waals surface area contributed by atoms with E-state index in [1.54, 1.807) is 61.5 Å². The van der Waals surface area contributed by atoms with Gasteiger partial charge in [0.2, 0.25) is 0 Å². The van der Waals surface area contributed by atoms with E-state index < -0.39 is 5.97 Å². The Bertz CT molecular complexity index is 973. The van der Waals surface area contributed by atoms with Crippen molar-refractivity contribution in [3.05, 3.63) is 83.0 Å². The molecular formula is C21H18ClN3O3. The number of aromatic nitrogens is 1. The number of esters is 1. The molecule has 1 amide bonds. The first-order valence-electron chi connectivity index (χ1n) is 8.63. The predicted octanol–water partition coefficient (Wildman–Crippen LogP) is 4.91. The number of rotatable bonds is 6. The van der Waals surface area contributed by atoms with Crippen molar-refractivity contribution in [2.45, 2.75) is 6.92 Å². The van der Waals surface area contributed by atoms with E-state index in [-0.39, 0.29) is 5.91 Å². The zero-order valence-corrected chi connectivity index (χ0v) is 15.9. The molecule has 142 valence electrons. The lowest BCUT2D eigenvalue weighted by molar-refractivity contribution is 0.0527. The molecule has 1 aromatic heterocycles. The van der Waals surface area contributed by atoms with Crippen molar-refractivity contribution in [1.82, 2.24) is 4.98 Å². The van der Waals surface area contributed by atoms with Gasteiger partial charge in [0.25, 0.3) is 5.91 Å². The number of carbonyl (C=O) groups is 2. The van der Waals surface area contributed by atoms with Crippen LogP contribution in [-0.2, 0) is 4.74 Å². The molecule has 0 unspecified atom stereocenters. The number of para-hydroxylation sites is 1. The number of anilines is 3. The van der Waals surface area contributed by atoms with Crippen LogP contribution in [0.4, 0.5) is 17.2 Å². The maximum atomic E-state index is 12.2. The number of ether oxygens (including phenoxy) is 1. The summed E-state index contributed by atoms with van der Waals surface area (Å²) >= 11 is 5.83. The molecule has 0 aliphatic heterocycles. The van der Waals surface area contributed by atoms with Crippen molar-refractivity contribution >= 4 is 40.7 Å². The van der Waals surface area contributed by atoms with Gasteiger partial charge in [-0.2, -0.15) is 0 Å². The number of nitrogens with zero attached hydrogens (tertiary/aromatic N) is 1. The van der Waals surface area contributed by atoms with Gasteiger partial charge in [-0.3, -0.25) is 4.79 Å². The quantitative estimate of drug-likeness (QED) is 0.580. The third kappa shape index (κ3) is 4.86. The Balaban J connectivity index is 1.69. The average Bonchev–Trinajstić information content (AvgIpc) is 2.70. The summed E-state index contributed by atoms with van der Waals surface area (Å²) in [5.74, 6) is -0.134. The molecule has 2 aromatic carbocycles. The largest absolute Gasteiger partial charge is 0.462 e. The Hall–Kier alpha value is -3.38. The van der Waals surface area contributed by atoms with Gasteiger partial charge in [-0.1, -0.05) is 23.7 Å². The number of nitrogens with one attached hydrogen (secondary N) is 2. The number of amides is 1. The molecule has 0 saturated heterocycles. The Morgan fingerprint density at radius 3 is 2.46 bits per heavy atom. The lowest BCUT2D eigenvalue weighted by Gasteiger charge is -2.11. The van der Waals surface area contributed by atoms with Crippen molar-refractivity contribution < 1.29 is 14.3 Å².